The van der Waals surface area contributed by atoms with Gasteiger partial charge in [0.05, 0.1) is 45.7 Å². The van der Waals surface area contributed by atoms with Gasteiger partial charge < -0.3 is 45.4 Å². The molecular weight excluding hydrogens is 532 g/mol. The van der Waals surface area contributed by atoms with Crippen LogP contribution in [0.2, 0.25) is 0 Å². The fourth-order valence-corrected chi connectivity index (χ4v) is 5.95. The van der Waals surface area contributed by atoms with Gasteiger partial charge in [-0.3, -0.25) is 0 Å². The molecule has 0 saturated carbocycles. The molecule has 1 heterocycles. The number of aliphatic hydroxyl groups excluding tert-OH is 2. The van der Waals surface area contributed by atoms with Gasteiger partial charge in [0, 0.05) is 18.8 Å². The maximum absolute atomic E-state index is 11.0. The minimum Gasteiger partial charge on any atom is -0.388 e. The molecule has 0 aliphatic carbocycles. The molecule has 40 heavy (non-hydrogen) atoms. The Morgan fingerprint density at radius 3 is 1.60 bits per heavy atom. The third-order valence-electron chi connectivity index (χ3n) is 7.16. The molecule has 6 N–H and O–H groups in total. The van der Waals surface area contributed by atoms with Gasteiger partial charge in [-0.1, -0.05) is 90.4 Å². The first-order chi connectivity index (χ1) is 19.7. The highest BCUT2D eigenvalue weighted by Crippen LogP contribution is 2.27. The van der Waals surface area contributed by atoms with Crippen LogP contribution in [0.15, 0.2) is 0 Å². The number of ether oxygens (including phenoxy) is 5. The second kappa shape index (κ2) is 27.8. The number of thioether (sulfide) groups is 1. The van der Waals surface area contributed by atoms with Crippen LogP contribution < -0.4 is 11.5 Å². The molecule has 0 aromatic carbocycles. The van der Waals surface area contributed by atoms with Crippen molar-refractivity contribution in [1.29, 1.82) is 0 Å². The second-order valence-corrected chi connectivity index (χ2v) is 11.8. The predicted molar refractivity (Wildman–Crippen MR) is 164 cm³/mol. The summed E-state index contributed by atoms with van der Waals surface area (Å²) in [5.41, 5.74) is 10.9. The first kappa shape index (κ1) is 38.0. The highest BCUT2D eigenvalue weighted by molar-refractivity contribution is 7.99. The quantitative estimate of drug-likeness (QED) is 0.0940. The van der Waals surface area contributed by atoms with E-state index in [4.69, 9.17) is 35.2 Å². The summed E-state index contributed by atoms with van der Waals surface area (Å²) in [6.45, 7) is 5.20. The van der Waals surface area contributed by atoms with Crippen LogP contribution in [-0.4, -0.2) is 105 Å². The minimum atomic E-state index is -1.19. The van der Waals surface area contributed by atoms with Gasteiger partial charge in [0.15, 0.2) is 6.29 Å². The van der Waals surface area contributed by atoms with Crippen LogP contribution >= 0.6 is 11.8 Å². The average Bonchev–Trinajstić information content (AvgIpc) is 2.95. The van der Waals surface area contributed by atoms with Crippen molar-refractivity contribution in [3.63, 3.8) is 0 Å². The van der Waals surface area contributed by atoms with Crippen LogP contribution in [0.3, 0.4) is 0 Å². The summed E-state index contributed by atoms with van der Waals surface area (Å²) < 4.78 is 28.2. The van der Waals surface area contributed by atoms with E-state index in [1.165, 1.54) is 83.5 Å². The number of nitrogens with two attached hydrogens (primary N) is 2. The van der Waals surface area contributed by atoms with Crippen molar-refractivity contribution < 1.29 is 33.9 Å². The summed E-state index contributed by atoms with van der Waals surface area (Å²) in [7, 11) is 0. The molecule has 0 aromatic rings. The van der Waals surface area contributed by atoms with Crippen LogP contribution in [0.4, 0.5) is 0 Å². The molecule has 0 spiro atoms. The summed E-state index contributed by atoms with van der Waals surface area (Å²) in [6, 6.07) is 0. The molecule has 0 unspecified atom stereocenters. The Labute approximate surface area is 248 Å². The average molecular weight is 595 g/mol. The lowest BCUT2D eigenvalue weighted by molar-refractivity contribution is -0.297. The van der Waals surface area contributed by atoms with Gasteiger partial charge in [0.2, 0.25) is 0 Å². The molecule has 10 heteroatoms. The standard InChI is InChI=1S/C30H62N2O7S/c1-2-3-4-5-6-7-8-9-10-11-12-13-14-15-24-40-25-26-27(33)28(37-22-20-35-18-16-31)29(30(34)39-26)38-23-21-36-19-17-32/h26-30,33-34H,2-25,31-32H2,1H3/t26-,27-,28+,29-,30-/m1/s1. The lowest BCUT2D eigenvalue weighted by Gasteiger charge is -2.42. The fraction of sp³-hybridized carbons (Fsp3) is 1.00. The summed E-state index contributed by atoms with van der Waals surface area (Å²) in [6.07, 6.45) is 14.7. The maximum Gasteiger partial charge on any atom is 0.184 e. The van der Waals surface area contributed by atoms with Gasteiger partial charge in [0.1, 0.15) is 18.3 Å². The molecule has 9 nitrogen and oxygen atoms in total. The Hall–Kier alpha value is -0.0100. The molecule has 240 valence electrons. The van der Waals surface area contributed by atoms with Gasteiger partial charge in [-0.25, -0.2) is 0 Å². The first-order valence-electron chi connectivity index (χ1n) is 16.0. The Balaban J connectivity index is 2.21. The normalized spacial score (nSPS) is 23.2. The van der Waals surface area contributed by atoms with Crippen molar-refractivity contribution in [3.8, 4) is 0 Å². The Bertz CT molecular complexity index is 538. The number of hydrogen-bond donors (Lipinski definition) is 4. The van der Waals surface area contributed by atoms with E-state index in [2.05, 4.69) is 6.92 Å². The van der Waals surface area contributed by atoms with E-state index in [1.807, 2.05) is 0 Å². The Morgan fingerprint density at radius 1 is 0.625 bits per heavy atom. The van der Waals surface area contributed by atoms with Crippen molar-refractivity contribution >= 4 is 11.8 Å². The molecule has 5 atom stereocenters. The first-order valence-corrected chi connectivity index (χ1v) is 17.2. The van der Waals surface area contributed by atoms with E-state index in [0.717, 1.165) is 12.2 Å². The second-order valence-electron chi connectivity index (χ2n) is 10.7. The van der Waals surface area contributed by atoms with E-state index in [1.54, 1.807) is 11.8 Å². The number of rotatable bonds is 29. The highest BCUT2D eigenvalue weighted by Gasteiger charge is 2.46. The smallest absolute Gasteiger partial charge is 0.184 e. The summed E-state index contributed by atoms with van der Waals surface area (Å²) >= 11 is 1.75. The van der Waals surface area contributed by atoms with Crippen LogP contribution in [0.1, 0.15) is 96.8 Å². The summed E-state index contributed by atoms with van der Waals surface area (Å²) in [5, 5.41) is 21.7. The number of unbranched alkanes of at least 4 members (excludes halogenated alkanes) is 13. The van der Waals surface area contributed by atoms with Crippen molar-refractivity contribution in [2.45, 2.75) is 128 Å². The van der Waals surface area contributed by atoms with Crippen LogP contribution in [-0.2, 0) is 23.7 Å². The Morgan fingerprint density at radius 2 is 1.10 bits per heavy atom. The monoisotopic (exact) mass is 594 g/mol. The molecule has 1 aliphatic heterocycles. The zero-order chi connectivity index (χ0) is 29.1. The van der Waals surface area contributed by atoms with Gasteiger partial charge in [0.25, 0.3) is 0 Å². The third kappa shape index (κ3) is 19.2. The zero-order valence-corrected chi connectivity index (χ0v) is 26.2. The molecule has 1 aliphatic rings. The zero-order valence-electron chi connectivity index (χ0n) is 25.4. The number of aliphatic hydroxyl groups is 2. The predicted octanol–water partition coefficient (Wildman–Crippen LogP) is 4.00. The largest absolute Gasteiger partial charge is 0.388 e. The van der Waals surface area contributed by atoms with Crippen LogP contribution in [0, 0.1) is 0 Å². The molecule has 0 aromatic heterocycles. The summed E-state index contributed by atoms with van der Waals surface area (Å²) in [4.78, 5) is 0. The van der Waals surface area contributed by atoms with E-state index >= 15 is 0 Å². The molecule has 1 rings (SSSR count). The lowest BCUT2D eigenvalue weighted by Crippen LogP contribution is -2.60. The molecule has 0 amide bonds. The maximum atomic E-state index is 11.0. The van der Waals surface area contributed by atoms with Gasteiger partial charge in [-0.05, 0) is 12.2 Å². The topological polar surface area (TPSA) is 139 Å². The van der Waals surface area contributed by atoms with Gasteiger partial charge >= 0.3 is 0 Å². The van der Waals surface area contributed by atoms with Crippen molar-refractivity contribution in [3.05, 3.63) is 0 Å². The van der Waals surface area contributed by atoms with Gasteiger partial charge in [-0.15, -0.1) is 0 Å². The molecule has 1 saturated heterocycles. The van der Waals surface area contributed by atoms with Crippen LogP contribution in [0.5, 0.6) is 0 Å². The SMILES string of the molecule is CCCCCCCCCCCCCCCCSC[C@H]1O[C@@H](O)[C@H](OCCOCCN)[C@@H](OCCOCCN)[C@@H]1O. The Kier molecular flexibility index (Phi) is 26.4. The van der Waals surface area contributed by atoms with E-state index in [0.29, 0.717) is 45.3 Å². The number of hydrogen-bond acceptors (Lipinski definition) is 10. The van der Waals surface area contributed by atoms with Crippen molar-refractivity contribution in [1.82, 2.24) is 0 Å². The fourth-order valence-electron chi connectivity index (χ4n) is 4.87. The van der Waals surface area contributed by atoms with Gasteiger partial charge in [-0.2, -0.15) is 11.8 Å². The molecule has 0 radical (unpaired) electrons. The van der Waals surface area contributed by atoms with Crippen molar-refractivity contribution in [2.24, 2.45) is 11.5 Å². The highest BCUT2D eigenvalue weighted by atomic mass is 32.2. The summed E-state index contributed by atoms with van der Waals surface area (Å²) in [5.74, 6) is 1.60. The molecule has 1 fully saturated rings. The van der Waals surface area contributed by atoms with E-state index in [9.17, 15) is 10.2 Å². The van der Waals surface area contributed by atoms with E-state index < -0.39 is 30.7 Å². The van der Waals surface area contributed by atoms with Crippen molar-refractivity contribution in [2.75, 3.05) is 64.2 Å². The molecule has 0 bridgehead atoms. The molecular formula is C30H62N2O7S. The third-order valence-corrected chi connectivity index (χ3v) is 8.30. The lowest BCUT2D eigenvalue weighted by atomic mass is 9.99. The minimum absolute atomic E-state index is 0.236. The van der Waals surface area contributed by atoms with E-state index in [-0.39, 0.29) is 13.2 Å². The van der Waals surface area contributed by atoms with Crippen LogP contribution in [0.25, 0.3) is 0 Å².